The van der Waals surface area contributed by atoms with Crippen LogP contribution < -0.4 is 0 Å². The van der Waals surface area contributed by atoms with Crippen LogP contribution in [-0.4, -0.2) is 93.5 Å². The van der Waals surface area contributed by atoms with Crippen molar-refractivity contribution in [1.29, 1.82) is 0 Å². The first kappa shape index (κ1) is 17.3. The molecule has 4 rings (SSSR count). The highest BCUT2D eigenvalue weighted by Crippen LogP contribution is 2.59. The zero-order valence-electron chi connectivity index (χ0n) is 15.1. The van der Waals surface area contributed by atoms with Gasteiger partial charge in [-0.2, -0.15) is 0 Å². The van der Waals surface area contributed by atoms with Crippen LogP contribution in [0.1, 0.15) is 32.1 Å². The van der Waals surface area contributed by atoms with E-state index in [-0.39, 0.29) is 0 Å². The van der Waals surface area contributed by atoms with Crippen LogP contribution in [0.5, 0.6) is 0 Å². The van der Waals surface area contributed by atoms with E-state index in [1.165, 1.54) is 51.7 Å². The third kappa shape index (κ3) is 3.97. The molecule has 138 valence electrons. The average molecular weight is 356 g/mol. The molecule has 0 aromatic heterocycles. The fraction of sp³-hybridized carbons (Fsp3) is 1.00. The number of rotatable bonds is 6. The van der Waals surface area contributed by atoms with Crippen molar-refractivity contribution in [1.82, 2.24) is 14.7 Å². The lowest BCUT2D eigenvalue weighted by Crippen LogP contribution is -2.45. The second-order valence-corrected chi connectivity index (χ2v) is 11.1. The van der Waals surface area contributed by atoms with Gasteiger partial charge in [-0.1, -0.05) is 0 Å². The zero-order chi connectivity index (χ0) is 16.8. The van der Waals surface area contributed by atoms with E-state index in [2.05, 4.69) is 21.7 Å². The molecule has 4 fully saturated rings. The van der Waals surface area contributed by atoms with Crippen LogP contribution in [0.2, 0.25) is 0 Å². The molecule has 0 amide bonds. The van der Waals surface area contributed by atoms with Gasteiger partial charge in [-0.3, -0.25) is 0 Å². The van der Waals surface area contributed by atoms with Gasteiger partial charge in [0.2, 0.25) is 0 Å². The number of likely N-dealkylation sites (tertiary alicyclic amines) is 1. The van der Waals surface area contributed by atoms with Crippen molar-refractivity contribution in [3.8, 4) is 0 Å². The minimum absolute atomic E-state index is 0.353. The van der Waals surface area contributed by atoms with Crippen molar-refractivity contribution in [3.05, 3.63) is 0 Å². The lowest BCUT2D eigenvalue weighted by atomic mass is 9.90. The third-order valence-electron chi connectivity index (χ3n) is 7.06. The van der Waals surface area contributed by atoms with Crippen molar-refractivity contribution in [3.63, 3.8) is 0 Å². The largest absolute Gasteiger partial charge is 0.303 e. The maximum absolute atomic E-state index is 11.5. The number of sulfone groups is 1. The molecular formula is C18H33N3O2S. The fourth-order valence-electron chi connectivity index (χ4n) is 4.79. The van der Waals surface area contributed by atoms with Gasteiger partial charge in [0.05, 0.1) is 11.5 Å². The molecule has 2 aliphatic heterocycles. The number of hydrogen-bond acceptors (Lipinski definition) is 5. The minimum Gasteiger partial charge on any atom is -0.303 e. The van der Waals surface area contributed by atoms with E-state index in [0.29, 0.717) is 16.9 Å². The van der Waals surface area contributed by atoms with Gasteiger partial charge < -0.3 is 14.7 Å². The van der Waals surface area contributed by atoms with Gasteiger partial charge in [-0.15, -0.1) is 0 Å². The summed E-state index contributed by atoms with van der Waals surface area (Å²) < 4.78 is 23.0. The summed E-state index contributed by atoms with van der Waals surface area (Å²) in [5, 5.41) is 0. The van der Waals surface area contributed by atoms with Crippen molar-refractivity contribution >= 4 is 9.84 Å². The van der Waals surface area contributed by atoms with E-state index < -0.39 is 9.84 Å². The van der Waals surface area contributed by atoms with Crippen LogP contribution in [0, 0.1) is 11.3 Å². The first-order valence-corrected chi connectivity index (χ1v) is 11.6. The van der Waals surface area contributed by atoms with Crippen molar-refractivity contribution in [2.24, 2.45) is 11.3 Å². The Labute approximate surface area is 147 Å². The molecule has 4 aliphatic rings. The summed E-state index contributed by atoms with van der Waals surface area (Å²) in [4.78, 5) is 7.54. The normalized spacial score (nSPS) is 33.2. The molecule has 2 saturated carbocycles. The van der Waals surface area contributed by atoms with E-state index in [9.17, 15) is 8.42 Å². The lowest BCUT2D eigenvalue weighted by Gasteiger charge is -2.35. The molecule has 6 heteroatoms. The Kier molecular flexibility index (Phi) is 4.69. The Hall–Kier alpha value is -0.170. The van der Waals surface area contributed by atoms with Crippen LogP contribution in [0.15, 0.2) is 0 Å². The first-order valence-electron chi connectivity index (χ1n) is 9.81. The first-order chi connectivity index (χ1) is 11.5. The highest BCUT2D eigenvalue weighted by atomic mass is 32.2. The van der Waals surface area contributed by atoms with Crippen molar-refractivity contribution in [2.75, 3.05) is 64.4 Å². The average Bonchev–Trinajstić information content (AvgIpc) is 3.46. The molecule has 2 aliphatic carbocycles. The molecular weight excluding hydrogens is 322 g/mol. The Morgan fingerprint density at radius 1 is 1.00 bits per heavy atom. The molecule has 1 atom stereocenters. The molecule has 0 aromatic rings. The standard InChI is InChI=1S/C18H33N3O2S/c1-19(17-2-3-17)15-16-14-18(16)4-6-20(7-5-18)8-9-21-10-12-24(22,23)13-11-21/h16-17H,2-15H2,1H3. The highest BCUT2D eigenvalue weighted by Gasteiger charge is 2.55. The SMILES string of the molecule is CN(CC1CC12CCN(CCN1CCS(=O)(=O)CC1)CC2)C1CC1. The molecule has 2 saturated heterocycles. The minimum atomic E-state index is -2.74. The van der Waals surface area contributed by atoms with E-state index in [0.717, 1.165) is 38.1 Å². The number of piperidine rings is 1. The van der Waals surface area contributed by atoms with Crippen LogP contribution in [-0.2, 0) is 9.84 Å². The summed E-state index contributed by atoms with van der Waals surface area (Å²) in [6.45, 7) is 7.43. The maximum Gasteiger partial charge on any atom is 0.152 e. The quantitative estimate of drug-likeness (QED) is 0.709. The van der Waals surface area contributed by atoms with Crippen molar-refractivity contribution in [2.45, 2.75) is 38.1 Å². The maximum atomic E-state index is 11.5. The second kappa shape index (κ2) is 6.53. The van der Waals surface area contributed by atoms with E-state index in [1.54, 1.807) is 0 Å². The second-order valence-electron chi connectivity index (χ2n) is 8.77. The topological polar surface area (TPSA) is 43.9 Å². The van der Waals surface area contributed by atoms with Gasteiger partial charge >= 0.3 is 0 Å². The number of nitrogens with zero attached hydrogens (tertiary/aromatic N) is 3. The molecule has 1 spiro atoms. The Bertz CT molecular complexity index is 539. The summed E-state index contributed by atoms with van der Waals surface area (Å²) in [7, 11) is -0.426. The van der Waals surface area contributed by atoms with Crippen molar-refractivity contribution < 1.29 is 8.42 Å². The Balaban J connectivity index is 1.15. The summed E-state index contributed by atoms with van der Waals surface area (Å²) in [6.07, 6.45) is 7.06. The van der Waals surface area contributed by atoms with Gasteiger partial charge in [-0.25, -0.2) is 8.42 Å². The Morgan fingerprint density at radius 3 is 2.17 bits per heavy atom. The smallest absolute Gasteiger partial charge is 0.152 e. The summed E-state index contributed by atoms with van der Waals surface area (Å²) in [6, 6.07) is 0.899. The fourth-order valence-corrected chi connectivity index (χ4v) is 6.07. The molecule has 0 aromatic carbocycles. The molecule has 0 N–H and O–H groups in total. The van der Waals surface area contributed by atoms with Crippen LogP contribution >= 0.6 is 0 Å². The number of hydrogen-bond donors (Lipinski definition) is 0. The highest BCUT2D eigenvalue weighted by molar-refractivity contribution is 7.91. The van der Waals surface area contributed by atoms with Crippen LogP contribution in [0.4, 0.5) is 0 Å². The summed E-state index contributed by atoms with van der Waals surface area (Å²) in [5.74, 6) is 1.66. The summed E-state index contributed by atoms with van der Waals surface area (Å²) >= 11 is 0. The molecule has 24 heavy (non-hydrogen) atoms. The predicted octanol–water partition coefficient (Wildman–Crippen LogP) is 0.913. The predicted molar refractivity (Wildman–Crippen MR) is 97.0 cm³/mol. The monoisotopic (exact) mass is 355 g/mol. The summed E-state index contributed by atoms with van der Waals surface area (Å²) in [5.41, 5.74) is 0.679. The van der Waals surface area contributed by atoms with Crippen LogP contribution in [0.25, 0.3) is 0 Å². The van der Waals surface area contributed by atoms with E-state index >= 15 is 0 Å². The van der Waals surface area contributed by atoms with Gasteiger partial charge in [0.25, 0.3) is 0 Å². The van der Waals surface area contributed by atoms with Gasteiger partial charge in [0.15, 0.2) is 9.84 Å². The third-order valence-corrected chi connectivity index (χ3v) is 8.67. The van der Waals surface area contributed by atoms with Gasteiger partial charge in [0.1, 0.15) is 0 Å². The molecule has 2 heterocycles. The Morgan fingerprint density at radius 2 is 1.58 bits per heavy atom. The molecule has 5 nitrogen and oxygen atoms in total. The molecule has 1 unspecified atom stereocenters. The van der Waals surface area contributed by atoms with Gasteiger partial charge in [-0.05, 0) is 63.6 Å². The lowest BCUT2D eigenvalue weighted by molar-refractivity contribution is 0.138. The van der Waals surface area contributed by atoms with Crippen LogP contribution in [0.3, 0.4) is 0 Å². The van der Waals surface area contributed by atoms with E-state index in [4.69, 9.17) is 0 Å². The van der Waals surface area contributed by atoms with E-state index in [1.807, 2.05) is 0 Å². The molecule has 0 radical (unpaired) electrons. The molecule has 0 bridgehead atoms. The van der Waals surface area contributed by atoms with Gasteiger partial charge in [0, 0.05) is 38.8 Å². The zero-order valence-corrected chi connectivity index (χ0v) is 15.9.